The Balaban J connectivity index is 0.931. The average Bonchev–Trinajstić information content (AvgIpc) is 3.88. The van der Waals surface area contributed by atoms with E-state index in [1.165, 1.54) is 54.8 Å². The zero-order chi connectivity index (χ0) is 40.3. The summed E-state index contributed by atoms with van der Waals surface area (Å²) in [6.45, 7) is 0. The fraction of sp³-hybridized carbons (Fsp3) is 0. The summed E-state index contributed by atoms with van der Waals surface area (Å²) in [7, 11) is 0. The van der Waals surface area contributed by atoms with Crippen molar-refractivity contribution in [3.05, 3.63) is 231 Å². The van der Waals surface area contributed by atoms with Crippen LogP contribution in [0.15, 0.2) is 235 Å². The summed E-state index contributed by atoms with van der Waals surface area (Å²) in [6, 6.07) is 83.1. The molecule has 0 fully saturated rings. The summed E-state index contributed by atoms with van der Waals surface area (Å²) in [5, 5.41) is 7.27. The van der Waals surface area contributed by atoms with Gasteiger partial charge in [-0.25, -0.2) is 0 Å². The van der Waals surface area contributed by atoms with Crippen molar-refractivity contribution in [2.45, 2.75) is 0 Å². The van der Waals surface area contributed by atoms with Gasteiger partial charge in [0.1, 0.15) is 11.2 Å². The maximum Gasteiger partial charge on any atom is 0.135 e. The molecule has 3 heteroatoms. The van der Waals surface area contributed by atoms with Crippen molar-refractivity contribution in [2.75, 3.05) is 4.90 Å². The molecule has 0 bridgehead atoms. The zero-order valence-electron chi connectivity index (χ0n) is 33.2. The number of fused-ring (bicyclic) bond motifs is 7. The number of aromatic nitrogens is 1. The molecule has 0 aliphatic carbocycles. The van der Waals surface area contributed by atoms with Crippen molar-refractivity contribution in [1.82, 2.24) is 4.57 Å². The van der Waals surface area contributed by atoms with Crippen molar-refractivity contribution >= 4 is 71.6 Å². The Kier molecular flexibility index (Phi) is 8.17. The van der Waals surface area contributed by atoms with E-state index in [0.29, 0.717) is 0 Å². The fourth-order valence-corrected chi connectivity index (χ4v) is 9.15. The van der Waals surface area contributed by atoms with Crippen LogP contribution in [0.3, 0.4) is 0 Å². The maximum absolute atomic E-state index is 6.14. The number of hydrogen-bond acceptors (Lipinski definition) is 2. The van der Waals surface area contributed by atoms with Gasteiger partial charge in [0.05, 0.1) is 11.0 Å². The van der Waals surface area contributed by atoms with E-state index in [1.807, 2.05) is 12.1 Å². The van der Waals surface area contributed by atoms with Crippen molar-refractivity contribution < 1.29 is 4.42 Å². The van der Waals surface area contributed by atoms with Gasteiger partial charge in [-0.1, -0.05) is 152 Å². The van der Waals surface area contributed by atoms with Gasteiger partial charge in [0.25, 0.3) is 0 Å². The predicted octanol–water partition coefficient (Wildman–Crippen LogP) is 16.3. The van der Waals surface area contributed by atoms with Crippen LogP contribution in [-0.2, 0) is 0 Å². The van der Waals surface area contributed by atoms with Gasteiger partial charge in [-0.3, -0.25) is 0 Å². The van der Waals surface area contributed by atoms with Crippen LogP contribution in [0.25, 0.3) is 93.6 Å². The highest BCUT2D eigenvalue weighted by molar-refractivity contribution is 6.09. The second-order valence-electron chi connectivity index (χ2n) is 15.8. The minimum Gasteiger partial charge on any atom is -0.456 e. The Hall–Kier alpha value is -8.14. The number of para-hydroxylation sites is 3. The molecule has 12 aromatic rings. The molecule has 3 nitrogen and oxygen atoms in total. The molecule has 286 valence electrons. The molecule has 0 spiro atoms. The first kappa shape index (κ1) is 34.9. The molecule has 0 atom stereocenters. The van der Waals surface area contributed by atoms with E-state index in [1.54, 1.807) is 0 Å². The minimum absolute atomic E-state index is 0.903. The molecule has 2 aromatic heterocycles. The summed E-state index contributed by atoms with van der Waals surface area (Å²) in [4.78, 5) is 2.36. The highest BCUT2D eigenvalue weighted by Gasteiger charge is 2.17. The molecule has 2 heterocycles. The maximum atomic E-state index is 6.14. The van der Waals surface area contributed by atoms with E-state index in [-0.39, 0.29) is 0 Å². The molecule has 0 saturated carbocycles. The third-order valence-corrected chi connectivity index (χ3v) is 12.2. The van der Waals surface area contributed by atoms with Gasteiger partial charge < -0.3 is 13.9 Å². The number of nitrogens with zero attached hydrogens (tertiary/aromatic N) is 2. The minimum atomic E-state index is 0.903. The highest BCUT2D eigenvalue weighted by atomic mass is 16.3. The number of furan rings is 1. The molecule has 0 amide bonds. The quantitative estimate of drug-likeness (QED) is 0.161. The largest absolute Gasteiger partial charge is 0.456 e. The molecule has 0 unspecified atom stereocenters. The molecular formula is C58H38N2O. The summed E-state index contributed by atoms with van der Waals surface area (Å²) in [6.07, 6.45) is 0. The first-order valence-electron chi connectivity index (χ1n) is 20.8. The van der Waals surface area contributed by atoms with Crippen molar-refractivity contribution in [3.63, 3.8) is 0 Å². The van der Waals surface area contributed by atoms with Gasteiger partial charge in [0.15, 0.2) is 0 Å². The van der Waals surface area contributed by atoms with E-state index < -0.39 is 0 Å². The third kappa shape index (κ3) is 6.06. The Labute approximate surface area is 353 Å². The lowest BCUT2D eigenvalue weighted by Gasteiger charge is -2.26. The van der Waals surface area contributed by atoms with Gasteiger partial charge in [-0.2, -0.15) is 0 Å². The third-order valence-electron chi connectivity index (χ3n) is 12.2. The number of hydrogen-bond donors (Lipinski definition) is 0. The first-order valence-corrected chi connectivity index (χ1v) is 20.8. The molecule has 0 N–H and O–H groups in total. The molecule has 0 radical (unpaired) electrons. The Bertz CT molecular complexity index is 3520. The van der Waals surface area contributed by atoms with Crippen LogP contribution in [0.2, 0.25) is 0 Å². The van der Waals surface area contributed by atoms with Crippen LogP contribution in [-0.4, -0.2) is 4.57 Å². The second kappa shape index (κ2) is 14.3. The first-order chi connectivity index (χ1) is 30.2. The topological polar surface area (TPSA) is 21.3 Å². The fourth-order valence-electron chi connectivity index (χ4n) is 9.15. The molecule has 0 aliphatic rings. The van der Waals surface area contributed by atoms with Crippen molar-refractivity contribution in [1.29, 1.82) is 0 Å². The molecule has 0 aliphatic heterocycles. The second-order valence-corrected chi connectivity index (χ2v) is 15.8. The number of benzene rings is 10. The van der Waals surface area contributed by atoms with Gasteiger partial charge in [0.2, 0.25) is 0 Å². The molecule has 0 saturated heterocycles. The van der Waals surface area contributed by atoms with E-state index in [9.17, 15) is 0 Å². The van der Waals surface area contributed by atoms with Crippen molar-refractivity contribution in [3.8, 4) is 39.1 Å². The van der Waals surface area contributed by atoms with Crippen LogP contribution in [0.4, 0.5) is 17.1 Å². The van der Waals surface area contributed by atoms with Gasteiger partial charge in [0, 0.05) is 44.3 Å². The average molecular weight is 779 g/mol. The molecule has 12 rings (SSSR count). The number of rotatable bonds is 7. The predicted molar refractivity (Wildman–Crippen MR) is 257 cm³/mol. The van der Waals surface area contributed by atoms with Gasteiger partial charge >= 0.3 is 0 Å². The SMILES string of the molecule is c1cc(N(c2ccc(-c3ccc(-c4ccc5ccccc5c4)cc3)cc2)c2ccc(-c3ccc4oc5ccccc5c4c3)cc2)cc(-n2c3ccccc3c3ccccc32)c1. The summed E-state index contributed by atoms with van der Waals surface area (Å²) >= 11 is 0. The zero-order valence-corrected chi connectivity index (χ0v) is 33.2. The molecule has 61 heavy (non-hydrogen) atoms. The van der Waals surface area contributed by atoms with E-state index in [2.05, 4.69) is 228 Å². The molecular weight excluding hydrogens is 741 g/mol. The Morgan fingerprint density at radius 2 is 0.787 bits per heavy atom. The summed E-state index contributed by atoms with van der Waals surface area (Å²) in [5.41, 5.74) is 15.6. The standard InChI is InChI=1S/C58H38N2O/c1-2-11-44-36-45(25-24-39(44)10-1)42-22-20-40(21-23-42)41-26-31-47(32-27-41)59(48-33-28-43(29-34-48)46-30-35-58-54(37-46)53-16-5-8-19-57(53)61-58)49-12-9-13-50(38-49)60-55-17-6-3-14-51(55)52-15-4-7-18-56(52)60/h1-38H. The van der Waals surface area contributed by atoms with E-state index in [0.717, 1.165) is 55.8 Å². The monoisotopic (exact) mass is 778 g/mol. The van der Waals surface area contributed by atoms with E-state index >= 15 is 0 Å². The normalized spacial score (nSPS) is 11.6. The van der Waals surface area contributed by atoms with Crippen LogP contribution in [0.1, 0.15) is 0 Å². The van der Waals surface area contributed by atoms with Crippen LogP contribution in [0.5, 0.6) is 0 Å². The van der Waals surface area contributed by atoms with Crippen LogP contribution in [0, 0.1) is 0 Å². The van der Waals surface area contributed by atoms with Gasteiger partial charge in [-0.05, 0) is 123 Å². The highest BCUT2D eigenvalue weighted by Crippen LogP contribution is 2.40. The van der Waals surface area contributed by atoms with Crippen molar-refractivity contribution in [2.24, 2.45) is 0 Å². The lowest BCUT2D eigenvalue weighted by molar-refractivity contribution is 0.669. The lowest BCUT2D eigenvalue weighted by atomic mass is 9.98. The molecule has 10 aromatic carbocycles. The Morgan fingerprint density at radius 3 is 1.46 bits per heavy atom. The van der Waals surface area contributed by atoms with E-state index in [4.69, 9.17) is 4.42 Å². The summed E-state index contributed by atoms with van der Waals surface area (Å²) in [5.74, 6) is 0. The summed E-state index contributed by atoms with van der Waals surface area (Å²) < 4.78 is 8.52. The lowest BCUT2D eigenvalue weighted by Crippen LogP contribution is -2.10. The van der Waals surface area contributed by atoms with Gasteiger partial charge in [-0.15, -0.1) is 0 Å². The van der Waals surface area contributed by atoms with Crippen LogP contribution < -0.4 is 4.90 Å². The Morgan fingerprint density at radius 1 is 0.295 bits per heavy atom. The smallest absolute Gasteiger partial charge is 0.135 e. The van der Waals surface area contributed by atoms with Crippen LogP contribution >= 0.6 is 0 Å². The number of anilines is 3.